The van der Waals surface area contributed by atoms with Gasteiger partial charge >= 0.3 is 0 Å². The first kappa shape index (κ1) is 14.0. The SMILES string of the molecule is C=C/C=C(\C=C/C)N(C)C(=O)C(C)(C)S. The number of rotatable bonds is 4. The molecule has 1 amide bonds. The fraction of sp³-hybridized carbons (Fsp3) is 0.417. The summed E-state index contributed by atoms with van der Waals surface area (Å²) in [6.07, 6.45) is 7.19. The van der Waals surface area contributed by atoms with Gasteiger partial charge < -0.3 is 4.90 Å². The van der Waals surface area contributed by atoms with Gasteiger partial charge in [-0.15, -0.1) is 0 Å². The third-order valence-corrected chi connectivity index (χ3v) is 2.03. The molecule has 2 nitrogen and oxygen atoms in total. The number of amides is 1. The maximum absolute atomic E-state index is 11.9. The average molecular weight is 225 g/mol. The molecule has 0 heterocycles. The quantitative estimate of drug-likeness (QED) is 0.576. The Kier molecular flexibility index (Phi) is 5.44. The Bertz CT molecular complexity index is 297. The zero-order valence-corrected chi connectivity index (χ0v) is 10.7. The van der Waals surface area contributed by atoms with Gasteiger partial charge in [-0.05, 0) is 32.9 Å². The van der Waals surface area contributed by atoms with E-state index in [1.54, 1.807) is 37.9 Å². The molecule has 0 fully saturated rings. The number of allylic oxidation sites excluding steroid dienone is 4. The van der Waals surface area contributed by atoms with Gasteiger partial charge in [-0.3, -0.25) is 4.79 Å². The molecule has 0 rings (SSSR count). The number of carbonyl (C=O) groups is 1. The van der Waals surface area contributed by atoms with Gasteiger partial charge in [-0.25, -0.2) is 0 Å². The molecule has 0 saturated heterocycles. The predicted molar refractivity (Wildman–Crippen MR) is 68.9 cm³/mol. The van der Waals surface area contributed by atoms with Crippen molar-refractivity contribution in [2.24, 2.45) is 0 Å². The third-order valence-electron chi connectivity index (χ3n) is 1.84. The second-order valence-electron chi connectivity index (χ2n) is 3.75. The number of hydrogen-bond acceptors (Lipinski definition) is 2. The topological polar surface area (TPSA) is 20.3 Å². The van der Waals surface area contributed by atoms with Crippen LogP contribution in [0.4, 0.5) is 0 Å². The largest absolute Gasteiger partial charge is 0.314 e. The van der Waals surface area contributed by atoms with Crippen molar-refractivity contribution in [2.45, 2.75) is 25.5 Å². The van der Waals surface area contributed by atoms with Crippen LogP contribution in [-0.2, 0) is 4.79 Å². The normalized spacial score (nSPS) is 13.0. The molecule has 0 spiro atoms. The molecule has 0 aromatic carbocycles. The van der Waals surface area contributed by atoms with Crippen LogP contribution in [0, 0.1) is 0 Å². The maximum Gasteiger partial charge on any atom is 0.242 e. The highest BCUT2D eigenvalue weighted by molar-refractivity contribution is 7.82. The minimum absolute atomic E-state index is 0.0444. The van der Waals surface area contributed by atoms with Gasteiger partial charge in [0.25, 0.3) is 0 Å². The Hall–Kier alpha value is -0.960. The molecule has 0 aromatic rings. The van der Waals surface area contributed by atoms with Crippen LogP contribution in [0.25, 0.3) is 0 Å². The lowest BCUT2D eigenvalue weighted by atomic mass is 10.1. The van der Waals surface area contributed by atoms with Crippen molar-refractivity contribution in [1.29, 1.82) is 0 Å². The molecule has 15 heavy (non-hydrogen) atoms. The van der Waals surface area contributed by atoms with Gasteiger partial charge in [-0.2, -0.15) is 12.6 Å². The number of thiol groups is 1. The smallest absolute Gasteiger partial charge is 0.242 e. The monoisotopic (exact) mass is 225 g/mol. The van der Waals surface area contributed by atoms with Gasteiger partial charge in [0.15, 0.2) is 0 Å². The lowest BCUT2D eigenvalue weighted by molar-refractivity contribution is -0.129. The highest BCUT2D eigenvalue weighted by Crippen LogP contribution is 2.18. The van der Waals surface area contributed by atoms with Crippen LogP contribution in [0.15, 0.2) is 36.6 Å². The van der Waals surface area contributed by atoms with Crippen LogP contribution < -0.4 is 0 Å². The Morgan fingerprint density at radius 2 is 2.00 bits per heavy atom. The first-order valence-electron chi connectivity index (χ1n) is 4.80. The summed E-state index contributed by atoms with van der Waals surface area (Å²) in [4.78, 5) is 13.5. The van der Waals surface area contributed by atoms with Crippen molar-refractivity contribution in [2.75, 3.05) is 7.05 Å². The van der Waals surface area contributed by atoms with E-state index < -0.39 is 4.75 Å². The molecular formula is C12H19NOS. The molecule has 0 aromatic heterocycles. The fourth-order valence-corrected chi connectivity index (χ4v) is 1.25. The molecule has 0 bridgehead atoms. The fourth-order valence-electron chi connectivity index (χ4n) is 1.10. The van der Waals surface area contributed by atoms with Gasteiger partial charge in [0.05, 0.1) is 4.75 Å². The predicted octanol–water partition coefficient (Wildman–Crippen LogP) is 2.80. The maximum atomic E-state index is 11.9. The molecule has 0 N–H and O–H groups in total. The minimum Gasteiger partial charge on any atom is -0.314 e. The van der Waals surface area contributed by atoms with E-state index in [0.29, 0.717) is 0 Å². The van der Waals surface area contributed by atoms with E-state index in [2.05, 4.69) is 19.2 Å². The Balaban J connectivity index is 4.96. The summed E-state index contributed by atoms with van der Waals surface area (Å²) < 4.78 is -0.670. The Labute approximate surface area is 97.8 Å². The summed E-state index contributed by atoms with van der Waals surface area (Å²) in [6, 6.07) is 0. The van der Waals surface area contributed by atoms with Crippen molar-refractivity contribution in [3.63, 3.8) is 0 Å². The summed E-state index contributed by atoms with van der Waals surface area (Å²) >= 11 is 4.25. The van der Waals surface area contributed by atoms with Crippen LogP contribution in [0.5, 0.6) is 0 Å². The van der Waals surface area contributed by atoms with Gasteiger partial charge in [0.2, 0.25) is 5.91 Å². The first-order chi connectivity index (χ1) is 6.84. The van der Waals surface area contributed by atoms with E-state index >= 15 is 0 Å². The third kappa shape index (κ3) is 4.38. The molecule has 0 radical (unpaired) electrons. The second-order valence-corrected chi connectivity index (χ2v) is 4.87. The number of hydrogen-bond donors (Lipinski definition) is 1. The Morgan fingerprint density at radius 3 is 2.33 bits per heavy atom. The van der Waals surface area contributed by atoms with Gasteiger partial charge in [0.1, 0.15) is 0 Å². The summed E-state index contributed by atoms with van der Waals surface area (Å²) in [5.74, 6) is -0.0444. The lowest BCUT2D eigenvalue weighted by Gasteiger charge is -2.26. The van der Waals surface area contributed by atoms with E-state index in [0.717, 1.165) is 5.70 Å². The standard InChI is InChI=1S/C12H19NOS/c1-6-8-10(9-7-2)13(5)11(14)12(3,4)15/h6-9,15H,1H2,2-5H3/b9-7-,10-8+. The van der Waals surface area contributed by atoms with Gasteiger partial charge in [0, 0.05) is 12.7 Å². The van der Waals surface area contributed by atoms with Crippen LogP contribution in [0.2, 0.25) is 0 Å². The highest BCUT2D eigenvalue weighted by atomic mass is 32.1. The van der Waals surface area contributed by atoms with E-state index in [-0.39, 0.29) is 5.91 Å². The van der Waals surface area contributed by atoms with Crippen LogP contribution in [0.3, 0.4) is 0 Å². The molecule has 0 aliphatic carbocycles. The van der Waals surface area contributed by atoms with Crippen molar-refractivity contribution in [3.8, 4) is 0 Å². The summed E-state index contributed by atoms with van der Waals surface area (Å²) in [5.41, 5.74) is 0.805. The number of carbonyl (C=O) groups excluding carboxylic acids is 1. The van der Waals surface area contributed by atoms with Gasteiger partial charge in [-0.1, -0.05) is 18.7 Å². The number of nitrogens with zero attached hydrogens (tertiary/aromatic N) is 1. The molecular weight excluding hydrogens is 206 g/mol. The first-order valence-corrected chi connectivity index (χ1v) is 5.25. The average Bonchev–Trinajstić information content (AvgIpc) is 2.14. The zero-order valence-electron chi connectivity index (χ0n) is 9.82. The zero-order chi connectivity index (χ0) is 12.1. The molecule has 0 unspecified atom stereocenters. The van der Waals surface area contributed by atoms with E-state index in [1.807, 2.05) is 19.1 Å². The molecule has 0 saturated carbocycles. The van der Waals surface area contributed by atoms with E-state index in [4.69, 9.17) is 0 Å². The summed E-state index contributed by atoms with van der Waals surface area (Å²) in [7, 11) is 1.73. The number of likely N-dealkylation sites (N-methyl/N-ethyl adjacent to an activating group) is 1. The highest BCUT2D eigenvalue weighted by Gasteiger charge is 2.26. The minimum atomic E-state index is -0.670. The second kappa shape index (κ2) is 5.81. The summed E-state index contributed by atoms with van der Waals surface area (Å²) in [6.45, 7) is 9.07. The molecule has 0 aliphatic heterocycles. The van der Waals surface area contributed by atoms with Crippen LogP contribution in [-0.4, -0.2) is 22.6 Å². The van der Waals surface area contributed by atoms with Crippen molar-refractivity contribution in [3.05, 3.63) is 36.6 Å². The summed E-state index contributed by atoms with van der Waals surface area (Å²) in [5, 5.41) is 0. The van der Waals surface area contributed by atoms with Crippen molar-refractivity contribution in [1.82, 2.24) is 4.90 Å². The van der Waals surface area contributed by atoms with E-state index in [1.165, 1.54) is 0 Å². The van der Waals surface area contributed by atoms with Crippen molar-refractivity contribution >= 4 is 18.5 Å². The molecule has 0 atom stereocenters. The molecule has 84 valence electrons. The van der Waals surface area contributed by atoms with Crippen LogP contribution in [0.1, 0.15) is 20.8 Å². The molecule has 0 aliphatic rings. The van der Waals surface area contributed by atoms with E-state index in [9.17, 15) is 4.79 Å². The van der Waals surface area contributed by atoms with Crippen LogP contribution >= 0.6 is 12.6 Å². The Morgan fingerprint density at radius 1 is 1.47 bits per heavy atom. The van der Waals surface area contributed by atoms with Crippen molar-refractivity contribution < 1.29 is 4.79 Å². The molecule has 3 heteroatoms. The lowest BCUT2D eigenvalue weighted by Crippen LogP contribution is -2.38.